The van der Waals surface area contributed by atoms with E-state index in [4.69, 9.17) is 14.2 Å². The Morgan fingerprint density at radius 3 is 2.82 bits per heavy atom. The van der Waals surface area contributed by atoms with Crippen molar-refractivity contribution in [3.8, 4) is 11.5 Å². The third kappa shape index (κ3) is 3.59. The Morgan fingerprint density at radius 1 is 1.27 bits per heavy atom. The number of fused-ring (bicyclic) bond motifs is 1. The summed E-state index contributed by atoms with van der Waals surface area (Å²) in [6.45, 7) is 8.87. The minimum atomic E-state index is -0.448. The number of carbonyl (C=O) groups excluding carboxylic acids is 1. The Morgan fingerprint density at radius 2 is 2.05 bits per heavy atom. The lowest BCUT2D eigenvalue weighted by Gasteiger charge is -2.31. The van der Waals surface area contributed by atoms with E-state index in [1.54, 1.807) is 6.07 Å². The number of nitrogens with zero attached hydrogens (tertiary/aromatic N) is 1. The summed E-state index contributed by atoms with van der Waals surface area (Å²) in [5, 5.41) is 0. The first-order valence-corrected chi connectivity index (χ1v) is 7.83. The molecule has 1 saturated heterocycles. The Kier molecular flexibility index (Phi) is 4.36. The van der Waals surface area contributed by atoms with E-state index in [2.05, 4.69) is 4.90 Å². The molecule has 0 saturated carbocycles. The fourth-order valence-corrected chi connectivity index (χ4v) is 2.84. The Balaban J connectivity index is 1.60. The number of Topliss-reactive ketones (excluding diaryl/α,β-unsaturated/α-hetero) is 1. The highest BCUT2D eigenvalue weighted by molar-refractivity contribution is 6.00. The maximum absolute atomic E-state index is 12.1. The molecule has 0 spiro atoms. The Labute approximate surface area is 131 Å². The van der Waals surface area contributed by atoms with Crippen LogP contribution in [-0.4, -0.2) is 55.7 Å². The van der Waals surface area contributed by atoms with Crippen LogP contribution in [0.2, 0.25) is 0 Å². The number of hydrogen-bond donors (Lipinski definition) is 0. The van der Waals surface area contributed by atoms with Crippen LogP contribution in [0.25, 0.3) is 0 Å². The first kappa shape index (κ1) is 15.3. The highest BCUT2D eigenvalue weighted by Gasteiger charge is 2.32. The van der Waals surface area contributed by atoms with Crippen molar-refractivity contribution in [3.63, 3.8) is 0 Å². The lowest BCUT2D eigenvalue weighted by atomic mass is 9.93. The van der Waals surface area contributed by atoms with Crippen LogP contribution in [0.3, 0.4) is 0 Å². The molecule has 1 fully saturated rings. The second-order valence-electron chi connectivity index (χ2n) is 6.42. The highest BCUT2D eigenvalue weighted by Crippen LogP contribution is 2.35. The minimum Gasteiger partial charge on any atom is -0.492 e. The predicted octanol–water partition coefficient (Wildman–Crippen LogP) is 2.14. The molecule has 2 heterocycles. The molecule has 0 aliphatic carbocycles. The van der Waals surface area contributed by atoms with Crippen molar-refractivity contribution >= 4 is 5.78 Å². The van der Waals surface area contributed by atoms with Gasteiger partial charge in [-0.05, 0) is 26.0 Å². The molecule has 0 radical (unpaired) electrons. The van der Waals surface area contributed by atoms with E-state index in [0.29, 0.717) is 24.3 Å². The molecule has 1 aromatic carbocycles. The molecule has 3 rings (SSSR count). The average molecular weight is 305 g/mol. The van der Waals surface area contributed by atoms with Gasteiger partial charge in [-0.2, -0.15) is 0 Å². The molecule has 0 unspecified atom stereocenters. The lowest BCUT2D eigenvalue weighted by molar-refractivity contribution is 0.0322. The maximum Gasteiger partial charge on any atom is 0.170 e. The third-order valence-electron chi connectivity index (χ3n) is 4.01. The summed E-state index contributed by atoms with van der Waals surface area (Å²) in [5.74, 6) is 1.51. The van der Waals surface area contributed by atoms with Gasteiger partial charge < -0.3 is 14.2 Å². The normalized spacial score (nSPS) is 21.1. The highest BCUT2D eigenvalue weighted by atomic mass is 16.5. The molecule has 0 atom stereocenters. The van der Waals surface area contributed by atoms with Crippen molar-refractivity contribution in [1.29, 1.82) is 0 Å². The standard InChI is InChI=1S/C17H23NO4/c1-17(2)12-15(19)14-4-3-13(11-16(14)22-17)21-10-7-18-5-8-20-9-6-18/h3-4,11H,5-10,12H2,1-2H3. The topological polar surface area (TPSA) is 48.0 Å². The molecule has 120 valence electrons. The van der Waals surface area contributed by atoms with Crippen LogP contribution in [-0.2, 0) is 4.74 Å². The zero-order chi connectivity index (χ0) is 15.6. The summed E-state index contributed by atoms with van der Waals surface area (Å²) >= 11 is 0. The van der Waals surface area contributed by atoms with E-state index < -0.39 is 5.60 Å². The van der Waals surface area contributed by atoms with Crippen LogP contribution in [0.1, 0.15) is 30.6 Å². The van der Waals surface area contributed by atoms with Crippen molar-refractivity contribution < 1.29 is 19.0 Å². The lowest BCUT2D eigenvalue weighted by Crippen LogP contribution is -2.38. The number of morpholine rings is 1. The van der Waals surface area contributed by atoms with Gasteiger partial charge in [-0.1, -0.05) is 0 Å². The summed E-state index contributed by atoms with van der Waals surface area (Å²) < 4.78 is 17.0. The molecule has 1 aromatic rings. The predicted molar refractivity (Wildman–Crippen MR) is 82.9 cm³/mol. The SMILES string of the molecule is CC1(C)CC(=O)c2ccc(OCCN3CCOCC3)cc2O1. The van der Waals surface area contributed by atoms with Gasteiger partial charge in [0.1, 0.15) is 23.7 Å². The number of carbonyl (C=O) groups is 1. The summed E-state index contributed by atoms with van der Waals surface area (Å²) in [4.78, 5) is 14.4. The van der Waals surface area contributed by atoms with Gasteiger partial charge >= 0.3 is 0 Å². The maximum atomic E-state index is 12.1. The minimum absolute atomic E-state index is 0.131. The quantitative estimate of drug-likeness (QED) is 0.853. The van der Waals surface area contributed by atoms with Gasteiger partial charge in [0, 0.05) is 25.7 Å². The molecule has 2 aliphatic rings. The Hall–Kier alpha value is -1.59. The van der Waals surface area contributed by atoms with E-state index in [9.17, 15) is 4.79 Å². The van der Waals surface area contributed by atoms with Gasteiger partial charge in [0.2, 0.25) is 0 Å². The molecule has 0 bridgehead atoms. The van der Waals surface area contributed by atoms with Gasteiger partial charge in [-0.25, -0.2) is 0 Å². The van der Waals surface area contributed by atoms with Gasteiger partial charge in [-0.3, -0.25) is 9.69 Å². The summed E-state index contributed by atoms with van der Waals surface area (Å²) in [6, 6.07) is 5.47. The smallest absolute Gasteiger partial charge is 0.170 e. The molecule has 2 aliphatic heterocycles. The molecule has 0 aromatic heterocycles. The summed E-state index contributed by atoms with van der Waals surface area (Å²) in [6.07, 6.45) is 0.414. The Bertz CT molecular complexity index is 550. The van der Waals surface area contributed by atoms with Crippen LogP contribution >= 0.6 is 0 Å². The van der Waals surface area contributed by atoms with Crippen molar-refractivity contribution in [2.75, 3.05) is 39.5 Å². The molecule has 5 heteroatoms. The molecule has 22 heavy (non-hydrogen) atoms. The van der Waals surface area contributed by atoms with Crippen molar-refractivity contribution in [2.45, 2.75) is 25.9 Å². The van der Waals surface area contributed by atoms with Gasteiger partial charge in [-0.15, -0.1) is 0 Å². The van der Waals surface area contributed by atoms with E-state index >= 15 is 0 Å². The monoisotopic (exact) mass is 305 g/mol. The fourth-order valence-electron chi connectivity index (χ4n) is 2.84. The molecular weight excluding hydrogens is 282 g/mol. The largest absolute Gasteiger partial charge is 0.492 e. The van der Waals surface area contributed by atoms with Crippen LogP contribution < -0.4 is 9.47 Å². The zero-order valence-electron chi connectivity index (χ0n) is 13.3. The van der Waals surface area contributed by atoms with E-state index in [-0.39, 0.29) is 5.78 Å². The van der Waals surface area contributed by atoms with Crippen molar-refractivity contribution in [2.24, 2.45) is 0 Å². The van der Waals surface area contributed by atoms with E-state index in [1.807, 2.05) is 26.0 Å². The number of ketones is 1. The molecular formula is C17H23NO4. The fraction of sp³-hybridized carbons (Fsp3) is 0.588. The van der Waals surface area contributed by atoms with Crippen molar-refractivity contribution in [3.05, 3.63) is 23.8 Å². The summed E-state index contributed by atoms with van der Waals surface area (Å²) in [7, 11) is 0. The molecule has 5 nitrogen and oxygen atoms in total. The van der Waals surface area contributed by atoms with Crippen LogP contribution in [0, 0.1) is 0 Å². The zero-order valence-corrected chi connectivity index (χ0v) is 13.3. The van der Waals surface area contributed by atoms with Crippen molar-refractivity contribution in [1.82, 2.24) is 4.90 Å². The molecule has 0 amide bonds. The second kappa shape index (κ2) is 6.26. The number of benzene rings is 1. The number of ether oxygens (including phenoxy) is 3. The number of rotatable bonds is 4. The van der Waals surface area contributed by atoms with Crippen LogP contribution in [0.5, 0.6) is 11.5 Å². The summed E-state index contributed by atoms with van der Waals surface area (Å²) in [5.41, 5.74) is 0.205. The van der Waals surface area contributed by atoms with E-state index in [0.717, 1.165) is 38.6 Å². The first-order chi connectivity index (χ1) is 10.5. The second-order valence-corrected chi connectivity index (χ2v) is 6.42. The van der Waals surface area contributed by atoms with Gasteiger partial charge in [0.15, 0.2) is 5.78 Å². The van der Waals surface area contributed by atoms with Gasteiger partial charge in [0.25, 0.3) is 0 Å². The van der Waals surface area contributed by atoms with Gasteiger partial charge in [0.05, 0.1) is 25.2 Å². The van der Waals surface area contributed by atoms with Crippen LogP contribution in [0.4, 0.5) is 0 Å². The molecule has 0 N–H and O–H groups in total. The average Bonchev–Trinajstić information content (AvgIpc) is 2.47. The third-order valence-corrected chi connectivity index (χ3v) is 4.01. The van der Waals surface area contributed by atoms with Crippen LogP contribution in [0.15, 0.2) is 18.2 Å². The number of hydrogen-bond acceptors (Lipinski definition) is 5. The van der Waals surface area contributed by atoms with E-state index in [1.165, 1.54) is 0 Å². The first-order valence-electron chi connectivity index (χ1n) is 7.83.